The molecule has 0 aromatic carbocycles. The second-order valence-corrected chi connectivity index (χ2v) is 10.4. The van der Waals surface area contributed by atoms with Crippen molar-refractivity contribution in [2.45, 2.75) is 45.1 Å². The maximum atomic E-state index is 12.9. The van der Waals surface area contributed by atoms with Crippen LogP contribution in [0.5, 0.6) is 0 Å². The first-order valence-corrected chi connectivity index (χ1v) is 13.3. The van der Waals surface area contributed by atoms with Gasteiger partial charge in [0.2, 0.25) is 5.91 Å². The van der Waals surface area contributed by atoms with Gasteiger partial charge in [-0.15, -0.1) is 0 Å². The summed E-state index contributed by atoms with van der Waals surface area (Å²) in [5.41, 5.74) is 4.89. The van der Waals surface area contributed by atoms with Crippen molar-refractivity contribution < 1.29 is 9.53 Å². The van der Waals surface area contributed by atoms with Gasteiger partial charge in [-0.2, -0.15) is 5.26 Å². The zero-order valence-corrected chi connectivity index (χ0v) is 22.4. The number of ether oxygens (including phenoxy) is 1. The number of hydrogen-bond donors (Lipinski definition) is 0. The van der Waals surface area contributed by atoms with Crippen LogP contribution in [0.1, 0.15) is 56.0 Å². The minimum Gasteiger partial charge on any atom is -0.384 e. The second-order valence-electron chi connectivity index (χ2n) is 10.4. The monoisotopic (exact) mass is 510 g/mol. The maximum absolute atomic E-state index is 12.9. The SMILES string of the molecule is C=Cc1cc(-c2cc(C#N)c(N3CCN(C(=O)CCOC)C(C(C)C)C3)nc2C2CC2)c2cccnc2n1. The molecule has 38 heavy (non-hydrogen) atoms. The molecule has 196 valence electrons. The summed E-state index contributed by atoms with van der Waals surface area (Å²) in [5.74, 6) is 1.46. The highest BCUT2D eigenvalue weighted by Crippen LogP contribution is 2.46. The summed E-state index contributed by atoms with van der Waals surface area (Å²) in [6, 6.07) is 10.4. The summed E-state index contributed by atoms with van der Waals surface area (Å²) in [4.78, 5) is 31.3. The highest BCUT2D eigenvalue weighted by molar-refractivity contribution is 5.95. The van der Waals surface area contributed by atoms with Crippen LogP contribution < -0.4 is 4.90 Å². The van der Waals surface area contributed by atoms with E-state index in [1.807, 2.05) is 29.2 Å². The number of methoxy groups -OCH3 is 1. The van der Waals surface area contributed by atoms with Gasteiger partial charge in [0.15, 0.2) is 5.65 Å². The number of fused-ring (bicyclic) bond motifs is 1. The van der Waals surface area contributed by atoms with Crippen LogP contribution in [0.15, 0.2) is 37.0 Å². The van der Waals surface area contributed by atoms with Crippen LogP contribution in [0, 0.1) is 17.2 Å². The molecule has 2 aliphatic rings. The highest BCUT2D eigenvalue weighted by Gasteiger charge is 2.35. The first kappa shape index (κ1) is 25.8. The summed E-state index contributed by atoms with van der Waals surface area (Å²) in [6.07, 6.45) is 6.00. The Morgan fingerprint density at radius 2 is 2.08 bits per heavy atom. The van der Waals surface area contributed by atoms with Crippen LogP contribution in [0.2, 0.25) is 0 Å². The van der Waals surface area contributed by atoms with Crippen LogP contribution in [-0.2, 0) is 9.53 Å². The largest absolute Gasteiger partial charge is 0.384 e. The topological polar surface area (TPSA) is 95.2 Å². The summed E-state index contributed by atoms with van der Waals surface area (Å²) in [5, 5.41) is 11.2. The third-order valence-corrected chi connectivity index (χ3v) is 7.55. The zero-order valence-electron chi connectivity index (χ0n) is 22.4. The van der Waals surface area contributed by atoms with Crippen molar-refractivity contribution in [3.63, 3.8) is 0 Å². The minimum atomic E-state index is 0.0378. The molecule has 2 fully saturated rings. The minimum absolute atomic E-state index is 0.0378. The number of rotatable bonds is 8. The molecule has 1 saturated carbocycles. The zero-order chi connectivity index (χ0) is 26.8. The Morgan fingerprint density at radius 1 is 1.26 bits per heavy atom. The van der Waals surface area contributed by atoms with Crippen LogP contribution in [0.3, 0.4) is 0 Å². The lowest BCUT2D eigenvalue weighted by atomic mass is 9.95. The fourth-order valence-electron chi connectivity index (χ4n) is 5.34. The Bertz CT molecular complexity index is 1410. The van der Waals surface area contributed by atoms with Gasteiger partial charge >= 0.3 is 0 Å². The quantitative estimate of drug-likeness (QED) is 0.430. The molecule has 4 heterocycles. The lowest BCUT2D eigenvalue weighted by molar-refractivity contribution is -0.135. The van der Waals surface area contributed by atoms with Gasteiger partial charge in [-0.3, -0.25) is 4.79 Å². The molecule has 5 rings (SSSR count). The molecule has 0 radical (unpaired) electrons. The van der Waals surface area contributed by atoms with Crippen molar-refractivity contribution in [1.82, 2.24) is 19.9 Å². The van der Waals surface area contributed by atoms with Crippen molar-refractivity contribution in [1.29, 1.82) is 5.26 Å². The molecule has 1 atom stereocenters. The van der Waals surface area contributed by atoms with Crippen LogP contribution >= 0.6 is 0 Å². The number of hydrogen-bond acceptors (Lipinski definition) is 7. The van der Waals surface area contributed by atoms with Gasteiger partial charge in [0.25, 0.3) is 0 Å². The number of carbonyl (C=O) groups is 1. The fraction of sp³-hybridized carbons (Fsp3) is 0.433. The van der Waals surface area contributed by atoms with Crippen molar-refractivity contribution in [2.24, 2.45) is 5.92 Å². The summed E-state index contributed by atoms with van der Waals surface area (Å²) in [6.45, 7) is 10.5. The van der Waals surface area contributed by atoms with Crippen LogP contribution in [0.4, 0.5) is 5.82 Å². The first-order valence-electron chi connectivity index (χ1n) is 13.3. The molecule has 1 amide bonds. The van der Waals surface area contributed by atoms with Gasteiger partial charge in [-0.05, 0) is 54.7 Å². The Hall–Kier alpha value is -3.83. The predicted octanol–water partition coefficient (Wildman–Crippen LogP) is 4.79. The lowest BCUT2D eigenvalue weighted by Crippen LogP contribution is -2.57. The van der Waals surface area contributed by atoms with E-state index in [4.69, 9.17) is 9.72 Å². The first-order chi connectivity index (χ1) is 18.4. The molecule has 0 spiro atoms. The molecular formula is C30H34N6O2. The van der Waals surface area contributed by atoms with Crippen LogP contribution in [0.25, 0.3) is 28.2 Å². The Labute approximate surface area is 224 Å². The molecular weight excluding hydrogens is 476 g/mol. The fourth-order valence-corrected chi connectivity index (χ4v) is 5.34. The average molecular weight is 511 g/mol. The summed E-state index contributed by atoms with van der Waals surface area (Å²) >= 11 is 0. The molecule has 3 aromatic rings. The van der Waals surface area contributed by atoms with Gasteiger partial charge < -0.3 is 14.5 Å². The molecule has 1 aliphatic carbocycles. The molecule has 1 unspecified atom stereocenters. The van der Waals surface area contributed by atoms with E-state index in [1.165, 1.54) is 0 Å². The van der Waals surface area contributed by atoms with Crippen molar-refractivity contribution >= 4 is 28.8 Å². The van der Waals surface area contributed by atoms with E-state index in [2.05, 4.69) is 41.4 Å². The van der Waals surface area contributed by atoms with E-state index in [0.717, 1.165) is 40.7 Å². The third-order valence-electron chi connectivity index (χ3n) is 7.55. The normalized spacial score (nSPS) is 17.6. The molecule has 3 aromatic heterocycles. The Balaban J connectivity index is 1.56. The highest BCUT2D eigenvalue weighted by atomic mass is 16.5. The van der Waals surface area contributed by atoms with E-state index in [1.54, 1.807) is 19.4 Å². The second kappa shape index (κ2) is 10.9. The Kier molecular flexibility index (Phi) is 7.39. The van der Waals surface area contributed by atoms with Crippen molar-refractivity contribution in [3.8, 4) is 17.2 Å². The van der Waals surface area contributed by atoms with Crippen molar-refractivity contribution in [3.05, 3.63) is 54.0 Å². The number of piperazine rings is 1. The molecule has 1 saturated heterocycles. The van der Waals surface area contributed by atoms with Gasteiger partial charge in [0, 0.05) is 49.8 Å². The number of amides is 1. The van der Waals surface area contributed by atoms with E-state index < -0.39 is 0 Å². The molecule has 1 aliphatic heterocycles. The number of anilines is 1. The number of aromatic nitrogens is 3. The average Bonchev–Trinajstić information content (AvgIpc) is 3.79. The summed E-state index contributed by atoms with van der Waals surface area (Å²) < 4.78 is 5.13. The van der Waals surface area contributed by atoms with Crippen LogP contribution in [-0.4, -0.2) is 65.2 Å². The summed E-state index contributed by atoms with van der Waals surface area (Å²) in [7, 11) is 1.62. The Morgan fingerprint density at radius 3 is 2.76 bits per heavy atom. The number of nitriles is 1. The van der Waals surface area contributed by atoms with Gasteiger partial charge in [0.05, 0.1) is 36.0 Å². The van der Waals surface area contributed by atoms with E-state index in [9.17, 15) is 10.1 Å². The molecule has 0 N–H and O–H groups in total. The predicted molar refractivity (Wildman–Crippen MR) is 149 cm³/mol. The number of nitrogens with zero attached hydrogens (tertiary/aromatic N) is 6. The number of pyridine rings is 3. The van der Waals surface area contributed by atoms with Crippen molar-refractivity contribution in [2.75, 3.05) is 38.3 Å². The van der Waals surface area contributed by atoms with E-state index in [0.29, 0.717) is 55.6 Å². The molecule has 0 bridgehead atoms. The van der Waals surface area contributed by atoms with Gasteiger partial charge in [0.1, 0.15) is 11.9 Å². The molecule has 8 heteroatoms. The lowest BCUT2D eigenvalue weighted by Gasteiger charge is -2.44. The number of carbonyl (C=O) groups excluding carboxylic acids is 1. The van der Waals surface area contributed by atoms with E-state index in [-0.39, 0.29) is 17.9 Å². The van der Waals surface area contributed by atoms with Gasteiger partial charge in [-0.1, -0.05) is 20.4 Å². The van der Waals surface area contributed by atoms with Gasteiger partial charge in [-0.25, -0.2) is 15.0 Å². The maximum Gasteiger partial charge on any atom is 0.225 e. The molecule has 8 nitrogen and oxygen atoms in total. The smallest absolute Gasteiger partial charge is 0.225 e. The van der Waals surface area contributed by atoms with E-state index >= 15 is 0 Å². The third kappa shape index (κ3) is 4.99. The standard InChI is InChI=1S/C30H34N6O2/c1-5-22-16-24(23-7-6-11-32-29(23)33-22)25-15-21(17-31)30(34-28(25)20-8-9-20)35-12-13-36(26(18-35)19(2)3)27(37)10-14-38-4/h5-7,11,15-16,19-20,26H,1,8-10,12-14,18H2,2-4H3.